The van der Waals surface area contributed by atoms with Crippen LogP contribution in [0.15, 0.2) is 24.5 Å². The predicted molar refractivity (Wildman–Crippen MR) is 48.7 cm³/mol. The zero-order valence-corrected chi connectivity index (χ0v) is 6.78. The summed E-state index contributed by atoms with van der Waals surface area (Å²) in [5.41, 5.74) is 6.65. The molecule has 0 aliphatic carbocycles. The SMILES string of the molecule is Cc1cc2ccnc(N)c2cn1. The molecular weight excluding hydrogens is 150 g/mol. The number of anilines is 1. The maximum atomic E-state index is 5.66. The van der Waals surface area contributed by atoms with Crippen molar-refractivity contribution in [3.05, 3.63) is 30.2 Å². The molecule has 2 heterocycles. The fourth-order valence-corrected chi connectivity index (χ4v) is 1.20. The molecule has 2 aromatic rings. The van der Waals surface area contributed by atoms with Gasteiger partial charge in [0.05, 0.1) is 0 Å². The Morgan fingerprint density at radius 3 is 3.00 bits per heavy atom. The third-order valence-electron chi connectivity index (χ3n) is 1.82. The van der Waals surface area contributed by atoms with Gasteiger partial charge in [-0.25, -0.2) is 4.98 Å². The van der Waals surface area contributed by atoms with Gasteiger partial charge in [0.2, 0.25) is 0 Å². The number of nitrogens with two attached hydrogens (primary N) is 1. The van der Waals surface area contributed by atoms with Gasteiger partial charge in [0, 0.05) is 23.5 Å². The molecule has 0 amide bonds. The Balaban J connectivity index is 2.86. The molecule has 2 aromatic heterocycles. The van der Waals surface area contributed by atoms with Gasteiger partial charge in [-0.05, 0) is 24.4 Å². The van der Waals surface area contributed by atoms with E-state index in [0.29, 0.717) is 5.82 Å². The molecule has 60 valence electrons. The minimum absolute atomic E-state index is 0.542. The number of pyridine rings is 2. The molecule has 0 spiro atoms. The van der Waals surface area contributed by atoms with E-state index in [1.54, 1.807) is 12.4 Å². The van der Waals surface area contributed by atoms with Crippen molar-refractivity contribution in [1.82, 2.24) is 9.97 Å². The highest BCUT2D eigenvalue weighted by molar-refractivity contribution is 5.90. The third-order valence-corrected chi connectivity index (χ3v) is 1.82. The maximum Gasteiger partial charge on any atom is 0.132 e. The normalized spacial score (nSPS) is 10.4. The number of nitrogen functional groups attached to an aromatic ring is 1. The Bertz CT molecular complexity index is 423. The largest absolute Gasteiger partial charge is 0.383 e. The van der Waals surface area contributed by atoms with Crippen LogP contribution >= 0.6 is 0 Å². The average molecular weight is 159 g/mol. The summed E-state index contributed by atoms with van der Waals surface area (Å²) < 4.78 is 0. The quantitative estimate of drug-likeness (QED) is 0.634. The average Bonchev–Trinajstić information content (AvgIpc) is 2.04. The topological polar surface area (TPSA) is 51.8 Å². The number of rotatable bonds is 0. The molecule has 2 N–H and O–H groups in total. The van der Waals surface area contributed by atoms with E-state index >= 15 is 0 Å². The molecule has 3 nitrogen and oxygen atoms in total. The van der Waals surface area contributed by atoms with Crippen LogP contribution in [0.4, 0.5) is 5.82 Å². The van der Waals surface area contributed by atoms with Crippen LogP contribution in [0.1, 0.15) is 5.69 Å². The second kappa shape index (κ2) is 2.44. The zero-order chi connectivity index (χ0) is 8.55. The van der Waals surface area contributed by atoms with E-state index in [2.05, 4.69) is 9.97 Å². The lowest BCUT2D eigenvalue weighted by Gasteiger charge is -1.99. The van der Waals surface area contributed by atoms with E-state index in [9.17, 15) is 0 Å². The first-order valence-electron chi connectivity index (χ1n) is 3.74. The highest BCUT2D eigenvalue weighted by atomic mass is 14.8. The van der Waals surface area contributed by atoms with Gasteiger partial charge >= 0.3 is 0 Å². The number of aryl methyl sites for hydroxylation is 1. The molecule has 0 atom stereocenters. The molecule has 0 aliphatic heterocycles. The highest BCUT2D eigenvalue weighted by Crippen LogP contribution is 2.17. The summed E-state index contributed by atoms with van der Waals surface area (Å²) in [6.45, 7) is 1.95. The first-order valence-corrected chi connectivity index (χ1v) is 3.74. The van der Waals surface area contributed by atoms with E-state index in [4.69, 9.17) is 5.73 Å². The molecule has 12 heavy (non-hydrogen) atoms. The predicted octanol–water partition coefficient (Wildman–Crippen LogP) is 1.52. The van der Waals surface area contributed by atoms with E-state index in [1.807, 2.05) is 19.1 Å². The van der Waals surface area contributed by atoms with Crippen molar-refractivity contribution in [3.63, 3.8) is 0 Å². The van der Waals surface area contributed by atoms with Crippen molar-refractivity contribution in [3.8, 4) is 0 Å². The molecule has 0 saturated carbocycles. The van der Waals surface area contributed by atoms with Crippen molar-refractivity contribution in [2.75, 3.05) is 5.73 Å². The van der Waals surface area contributed by atoms with Crippen molar-refractivity contribution in [2.24, 2.45) is 0 Å². The van der Waals surface area contributed by atoms with Crippen molar-refractivity contribution in [1.29, 1.82) is 0 Å². The molecule has 2 rings (SSSR count). The summed E-state index contributed by atoms with van der Waals surface area (Å²) in [6.07, 6.45) is 3.46. The van der Waals surface area contributed by atoms with Gasteiger partial charge in [-0.1, -0.05) is 0 Å². The van der Waals surface area contributed by atoms with Crippen molar-refractivity contribution >= 4 is 16.6 Å². The Morgan fingerprint density at radius 2 is 2.17 bits per heavy atom. The Labute approximate surface area is 70.3 Å². The summed E-state index contributed by atoms with van der Waals surface area (Å²) in [6, 6.07) is 3.92. The minimum Gasteiger partial charge on any atom is -0.383 e. The number of aromatic nitrogens is 2. The van der Waals surface area contributed by atoms with Crippen LogP contribution in [-0.2, 0) is 0 Å². The van der Waals surface area contributed by atoms with Gasteiger partial charge in [0.25, 0.3) is 0 Å². The van der Waals surface area contributed by atoms with Gasteiger partial charge in [0.1, 0.15) is 5.82 Å². The number of hydrogen-bond acceptors (Lipinski definition) is 3. The monoisotopic (exact) mass is 159 g/mol. The lowest BCUT2D eigenvalue weighted by Crippen LogP contribution is -1.91. The molecule has 0 unspecified atom stereocenters. The van der Waals surface area contributed by atoms with E-state index in [0.717, 1.165) is 16.5 Å². The van der Waals surface area contributed by atoms with Crippen LogP contribution in [0.3, 0.4) is 0 Å². The van der Waals surface area contributed by atoms with Crippen LogP contribution in [0.25, 0.3) is 10.8 Å². The maximum absolute atomic E-state index is 5.66. The first kappa shape index (κ1) is 7.03. The van der Waals surface area contributed by atoms with Crippen molar-refractivity contribution < 1.29 is 0 Å². The van der Waals surface area contributed by atoms with Crippen LogP contribution in [-0.4, -0.2) is 9.97 Å². The fraction of sp³-hybridized carbons (Fsp3) is 0.111. The Kier molecular flexibility index (Phi) is 1.43. The smallest absolute Gasteiger partial charge is 0.132 e. The van der Waals surface area contributed by atoms with E-state index in [1.165, 1.54) is 0 Å². The molecule has 0 bridgehead atoms. The van der Waals surface area contributed by atoms with E-state index < -0.39 is 0 Å². The minimum atomic E-state index is 0.542. The third kappa shape index (κ3) is 0.993. The molecule has 0 fully saturated rings. The molecule has 0 saturated heterocycles. The second-order valence-corrected chi connectivity index (χ2v) is 2.74. The lowest BCUT2D eigenvalue weighted by atomic mass is 10.2. The molecule has 3 heteroatoms. The van der Waals surface area contributed by atoms with Gasteiger partial charge in [-0.15, -0.1) is 0 Å². The Morgan fingerprint density at radius 1 is 1.33 bits per heavy atom. The first-order chi connectivity index (χ1) is 5.77. The molecule has 0 aromatic carbocycles. The molecule has 0 radical (unpaired) electrons. The zero-order valence-electron chi connectivity index (χ0n) is 6.78. The molecule has 0 aliphatic rings. The summed E-state index contributed by atoms with van der Waals surface area (Å²) >= 11 is 0. The summed E-state index contributed by atoms with van der Waals surface area (Å²) in [4.78, 5) is 8.12. The van der Waals surface area contributed by atoms with Crippen LogP contribution in [0.5, 0.6) is 0 Å². The van der Waals surface area contributed by atoms with Gasteiger partial charge in [0.15, 0.2) is 0 Å². The van der Waals surface area contributed by atoms with Crippen LogP contribution in [0, 0.1) is 6.92 Å². The number of nitrogens with zero attached hydrogens (tertiary/aromatic N) is 2. The Hall–Kier alpha value is -1.64. The van der Waals surface area contributed by atoms with E-state index in [-0.39, 0.29) is 0 Å². The summed E-state index contributed by atoms with van der Waals surface area (Å²) in [5.74, 6) is 0.542. The van der Waals surface area contributed by atoms with Gasteiger partial charge < -0.3 is 5.73 Å². The number of hydrogen-bond donors (Lipinski definition) is 1. The lowest BCUT2D eigenvalue weighted by molar-refractivity contribution is 1.22. The standard InChI is InChI=1S/C9H9N3/c1-6-4-7-2-3-11-9(10)8(7)5-12-6/h2-5H,1H3,(H2,10,11). The van der Waals surface area contributed by atoms with Crippen LogP contribution in [0.2, 0.25) is 0 Å². The highest BCUT2D eigenvalue weighted by Gasteiger charge is 1.97. The second-order valence-electron chi connectivity index (χ2n) is 2.74. The summed E-state index contributed by atoms with van der Waals surface area (Å²) in [5, 5.41) is 2.01. The van der Waals surface area contributed by atoms with Gasteiger partial charge in [-0.2, -0.15) is 0 Å². The number of fused-ring (bicyclic) bond motifs is 1. The van der Waals surface area contributed by atoms with Gasteiger partial charge in [-0.3, -0.25) is 4.98 Å². The molecular formula is C9H9N3. The summed E-state index contributed by atoms with van der Waals surface area (Å²) in [7, 11) is 0. The fourth-order valence-electron chi connectivity index (χ4n) is 1.20. The van der Waals surface area contributed by atoms with Crippen LogP contribution < -0.4 is 5.73 Å². The van der Waals surface area contributed by atoms with Crippen molar-refractivity contribution in [2.45, 2.75) is 6.92 Å².